The van der Waals surface area contributed by atoms with E-state index in [1.165, 1.54) is 18.4 Å². The normalized spacial score (nSPS) is 21.8. The minimum Gasteiger partial charge on any atom is -0.469 e. The molecule has 0 saturated heterocycles. The third kappa shape index (κ3) is 4.98. The molecule has 3 aromatic rings. The van der Waals surface area contributed by atoms with Gasteiger partial charge in [0.2, 0.25) is 5.95 Å². The van der Waals surface area contributed by atoms with Gasteiger partial charge in [0, 0.05) is 23.8 Å². The van der Waals surface area contributed by atoms with Crippen molar-refractivity contribution in [3.63, 3.8) is 0 Å². The summed E-state index contributed by atoms with van der Waals surface area (Å²) in [7, 11) is 1.42. The molecule has 1 saturated carbocycles. The van der Waals surface area contributed by atoms with E-state index in [4.69, 9.17) is 4.74 Å². The van der Waals surface area contributed by atoms with E-state index in [1.807, 2.05) is 33.0 Å². The molecule has 1 aliphatic rings. The maximum absolute atomic E-state index is 12.2. The third-order valence-corrected chi connectivity index (χ3v) is 7.86. The molecule has 1 fully saturated rings. The van der Waals surface area contributed by atoms with Crippen LogP contribution in [0, 0.1) is 18.3 Å². The van der Waals surface area contributed by atoms with Gasteiger partial charge >= 0.3 is 5.97 Å². The second-order valence-corrected chi connectivity index (χ2v) is 10.8. The molecule has 2 heterocycles. The average Bonchev–Trinajstić information content (AvgIpc) is 3.29. The van der Waals surface area contributed by atoms with Crippen molar-refractivity contribution in [2.45, 2.75) is 59.0 Å². The number of anilines is 2. The number of carbonyl (C=O) groups is 1. The van der Waals surface area contributed by atoms with Crippen LogP contribution in [0.2, 0.25) is 0 Å². The fraction of sp³-hybridized carbons (Fsp3) is 0.462. The number of aromatic nitrogens is 3. The molecule has 2 aromatic heterocycles. The zero-order valence-corrected chi connectivity index (χ0v) is 21.2. The van der Waals surface area contributed by atoms with Crippen molar-refractivity contribution in [1.29, 1.82) is 0 Å². The van der Waals surface area contributed by atoms with Gasteiger partial charge in [-0.2, -0.15) is 0 Å². The van der Waals surface area contributed by atoms with E-state index in [0.717, 1.165) is 33.8 Å². The highest BCUT2D eigenvalue weighted by molar-refractivity contribution is 7.15. The van der Waals surface area contributed by atoms with Crippen molar-refractivity contribution in [1.82, 2.24) is 15.0 Å². The molecule has 0 amide bonds. The summed E-state index contributed by atoms with van der Waals surface area (Å²) >= 11 is 1.50. The number of nitrogens with zero attached hydrogens (tertiary/aromatic N) is 3. The topological polar surface area (TPSA) is 97.2 Å². The van der Waals surface area contributed by atoms with Gasteiger partial charge in [-0.3, -0.25) is 4.79 Å². The highest BCUT2D eigenvalue weighted by atomic mass is 32.1. The van der Waals surface area contributed by atoms with Crippen molar-refractivity contribution in [2.75, 3.05) is 12.4 Å². The molecule has 4 rings (SSSR count). The smallest absolute Gasteiger partial charge is 0.309 e. The van der Waals surface area contributed by atoms with E-state index < -0.39 is 5.60 Å². The number of esters is 1. The van der Waals surface area contributed by atoms with Gasteiger partial charge < -0.3 is 15.2 Å². The SMILES string of the molecule is CCc1ccnc(Nc2cc(C)cc(-c3cnc([C@@]4(O)CC[C@H](C(=O)OC)C(C)(C)C4)s3)c2)n1. The van der Waals surface area contributed by atoms with Gasteiger partial charge in [-0.15, -0.1) is 11.3 Å². The molecule has 34 heavy (non-hydrogen) atoms. The van der Waals surface area contributed by atoms with Crippen LogP contribution in [-0.2, 0) is 21.6 Å². The number of nitrogens with one attached hydrogen (secondary N) is 1. The van der Waals surface area contributed by atoms with Crippen LogP contribution in [0.25, 0.3) is 10.4 Å². The predicted molar refractivity (Wildman–Crippen MR) is 134 cm³/mol. The van der Waals surface area contributed by atoms with Gasteiger partial charge in [-0.1, -0.05) is 26.8 Å². The van der Waals surface area contributed by atoms with Gasteiger partial charge in [0.1, 0.15) is 10.6 Å². The molecule has 0 spiro atoms. The van der Waals surface area contributed by atoms with E-state index in [2.05, 4.69) is 45.4 Å². The van der Waals surface area contributed by atoms with Crippen LogP contribution in [-0.4, -0.2) is 33.1 Å². The number of hydrogen-bond acceptors (Lipinski definition) is 8. The first kappa shape index (κ1) is 24.3. The zero-order valence-electron chi connectivity index (χ0n) is 20.4. The van der Waals surface area contributed by atoms with Crippen LogP contribution in [0.3, 0.4) is 0 Å². The van der Waals surface area contributed by atoms with Gasteiger partial charge in [-0.05, 0) is 67.3 Å². The predicted octanol–water partition coefficient (Wildman–Crippen LogP) is 5.40. The van der Waals surface area contributed by atoms with Crippen LogP contribution in [0.1, 0.15) is 56.3 Å². The first-order valence-corrected chi connectivity index (χ1v) is 12.4. The highest BCUT2D eigenvalue weighted by Crippen LogP contribution is 2.51. The quantitative estimate of drug-likeness (QED) is 0.456. The fourth-order valence-corrected chi connectivity index (χ4v) is 5.92. The van der Waals surface area contributed by atoms with Crippen LogP contribution in [0.4, 0.5) is 11.6 Å². The lowest BCUT2D eigenvalue weighted by molar-refractivity contribution is -0.157. The number of benzene rings is 1. The van der Waals surface area contributed by atoms with E-state index in [0.29, 0.717) is 30.2 Å². The Morgan fingerprint density at radius 1 is 1.29 bits per heavy atom. The Balaban J connectivity index is 1.58. The monoisotopic (exact) mass is 480 g/mol. The number of aryl methyl sites for hydroxylation is 2. The maximum atomic E-state index is 12.2. The molecule has 1 aliphatic carbocycles. The molecule has 8 heteroatoms. The van der Waals surface area contributed by atoms with Crippen LogP contribution < -0.4 is 5.32 Å². The summed E-state index contributed by atoms with van der Waals surface area (Å²) in [6.45, 7) is 8.14. The average molecular weight is 481 g/mol. The first-order valence-electron chi connectivity index (χ1n) is 11.6. The summed E-state index contributed by atoms with van der Waals surface area (Å²) in [6, 6.07) is 8.12. The number of aliphatic hydroxyl groups is 1. The number of methoxy groups -OCH3 is 1. The molecule has 7 nitrogen and oxygen atoms in total. The summed E-state index contributed by atoms with van der Waals surface area (Å²) < 4.78 is 4.99. The first-order chi connectivity index (χ1) is 16.1. The molecule has 2 atom stereocenters. The van der Waals surface area contributed by atoms with Gasteiger partial charge in [0.25, 0.3) is 0 Å². The Bertz CT molecular complexity index is 1190. The Kier molecular flexibility index (Phi) is 6.73. The fourth-order valence-electron chi connectivity index (χ4n) is 4.90. The molecular formula is C26H32N4O3S. The minimum absolute atomic E-state index is 0.208. The number of carbonyl (C=O) groups excluding carboxylic acids is 1. The van der Waals surface area contributed by atoms with Crippen molar-refractivity contribution in [2.24, 2.45) is 11.3 Å². The van der Waals surface area contributed by atoms with Crippen LogP contribution in [0.5, 0.6) is 0 Å². The number of ether oxygens (including phenoxy) is 1. The maximum Gasteiger partial charge on any atom is 0.309 e. The van der Waals surface area contributed by atoms with Crippen molar-refractivity contribution in [3.05, 3.63) is 52.9 Å². The zero-order chi connectivity index (χ0) is 24.5. The molecule has 0 unspecified atom stereocenters. The standard InChI is InChI=1S/C26H32N4O3S/c1-6-18-8-10-27-24(29-18)30-19-12-16(2)11-17(13-19)21-14-28-23(34-21)26(32)9-7-20(22(31)33-5)25(3,4)15-26/h8,10-14,20,32H,6-7,9,15H2,1-5H3,(H,27,29,30)/t20-,26-/m1/s1. The Hall–Kier alpha value is -2.84. The second-order valence-electron chi connectivity index (χ2n) is 9.78. The van der Waals surface area contributed by atoms with Crippen molar-refractivity contribution in [3.8, 4) is 10.4 Å². The van der Waals surface area contributed by atoms with Crippen molar-refractivity contribution >= 4 is 28.9 Å². The molecular weight excluding hydrogens is 448 g/mol. The van der Waals surface area contributed by atoms with E-state index >= 15 is 0 Å². The highest BCUT2D eigenvalue weighted by Gasteiger charge is 2.49. The third-order valence-electron chi connectivity index (χ3n) is 6.62. The lowest BCUT2D eigenvalue weighted by Gasteiger charge is -2.44. The molecule has 2 N–H and O–H groups in total. The number of hydrogen-bond donors (Lipinski definition) is 2. The summed E-state index contributed by atoms with van der Waals surface area (Å²) in [6.07, 6.45) is 5.94. The van der Waals surface area contributed by atoms with Gasteiger partial charge in [0.05, 0.1) is 17.9 Å². The van der Waals surface area contributed by atoms with Crippen LogP contribution >= 0.6 is 11.3 Å². The molecule has 0 aliphatic heterocycles. The molecule has 1 aromatic carbocycles. The lowest BCUT2D eigenvalue weighted by atomic mass is 9.63. The summed E-state index contributed by atoms with van der Waals surface area (Å²) in [5.74, 6) is 0.135. The largest absolute Gasteiger partial charge is 0.469 e. The van der Waals surface area contributed by atoms with Crippen molar-refractivity contribution < 1.29 is 14.6 Å². The van der Waals surface area contributed by atoms with E-state index in [-0.39, 0.29) is 17.3 Å². The Morgan fingerprint density at radius 2 is 2.09 bits per heavy atom. The van der Waals surface area contributed by atoms with Crippen LogP contribution in [0.15, 0.2) is 36.7 Å². The summed E-state index contributed by atoms with van der Waals surface area (Å²) in [5.41, 5.74) is 2.55. The number of rotatable bonds is 6. The Morgan fingerprint density at radius 3 is 2.79 bits per heavy atom. The minimum atomic E-state index is -1.06. The lowest BCUT2D eigenvalue weighted by Crippen LogP contribution is -2.45. The summed E-state index contributed by atoms with van der Waals surface area (Å²) in [4.78, 5) is 26.7. The Labute approximate surface area is 204 Å². The van der Waals surface area contributed by atoms with E-state index in [1.54, 1.807) is 6.20 Å². The van der Waals surface area contributed by atoms with Gasteiger partial charge in [-0.25, -0.2) is 15.0 Å². The van der Waals surface area contributed by atoms with Gasteiger partial charge in [0.15, 0.2) is 0 Å². The molecule has 0 bridgehead atoms. The number of thiazole rings is 1. The molecule has 0 radical (unpaired) electrons. The second kappa shape index (κ2) is 9.43. The van der Waals surface area contributed by atoms with E-state index in [9.17, 15) is 9.90 Å². The molecule has 180 valence electrons. The summed E-state index contributed by atoms with van der Waals surface area (Å²) in [5, 5.41) is 15.5.